The van der Waals surface area contributed by atoms with Crippen LogP contribution >= 0.6 is 23.1 Å². The van der Waals surface area contributed by atoms with Gasteiger partial charge in [0.25, 0.3) is 5.91 Å². The van der Waals surface area contributed by atoms with Crippen LogP contribution < -0.4 is 10.3 Å². The van der Waals surface area contributed by atoms with E-state index in [0.717, 1.165) is 46.2 Å². The number of nitrogens with zero attached hydrogens (tertiary/aromatic N) is 2. The fourth-order valence-corrected chi connectivity index (χ4v) is 4.15. The number of thiazole rings is 1. The first-order valence-electron chi connectivity index (χ1n) is 7.34. The van der Waals surface area contributed by atoms with Crippen molar-refractivity contribution in [3.8, 4) is 0 Å². The highest BCUT2D eigenvalue weighted by Gasteiger charge is 2.14. The molecule has 2 N–H and O–H groups in total. The number of piperidine rings is 1. The van der Waals surface area contributed by atoms with Crippen LogP contribution in [0, 0.1) is 0 Å². The van der Waals surface area contributed by atoms with E-state index < -0.39 is 0 Å². The van der Waals surface area contributed by atoms with E-state index in [0.29, 0.717) is 5.75 Å². The lowest BCUT2D eigenvalue weighted by Gasteiger charge is -2.20. The summed E-state index contributed by atoms with van der Waals surface area (Å²) in [6.07, 6.45) is 1.94. The number of aromatic nitrogens is 1. The Bertz CT molecular complexity index is 655. The lowest BCUT2D eigenvalue weighted by molar-refractivity contribution is -0.880. The number of nitrogens with one attached hydrogen (secondary N) is 2. The number of rotatable bonds is 4. The number of fused-ring (bicyclic) bond motifs is 1. The van der Waals surface area contributed by atoms with Gasteiger partial charge in [-0.2, -0.15) is 5.10 Å². The van der Waals surface area contributed by atoms with Gasteiger partial charge in [-0.15, -0.1) is 11.3 Å². The summed E-state index contributed by atoms with van der Waals surface area (Å²) < 4.78 is 2.08. The molecule has 0 aliphatic carbocycles. The van der Waals surface area contributed by atoms with Crippen LogP contribution in [0.4, 0.5) is 0 Å². The van der Waals surface area contributed by atoms with Crippen molar-refractivity contribution in [2.45, 2.75) is 17.2 Å². The first-order chi connectivity index (χ1) is 10.7. The molecule has 3 rings (SSSR count). The molecule has 116 valence electrons. The summed E-state index contributed by atoms with van der Waals surface area (Å²) in [4.78, 5) is 17.9. The van der Waals surface area contributed by atoms with Crippen LogP contribution in [0.2, 0.25) is 0 Å². The Hall–Kier alpha value is -1.44. The van der Waals surface area contributed by atoms with E-state index in [1.807, 2.05) is 24.3 Å². The van der Waals surface area contributed by atoms with E-state index in [2.05, 4.69) is 22.6 Å². The number of thioether (sulfide) groups is 1. The van der Waals surface area contributed by atoms with Crippen molar-refractivity contribution >= 4 is 44.9 Å². The van der Waals surface area contributed by atoms with Gasteiger partial charge in [-0.1, -0.05) is 23.9 Å². The monoisotopic (exact) mass is 335 g/mol. The summed E-state index contributed by atoms with van der Waals surface area (Å²) in [7, 11) is 2.18. The molecule has 1 aliphatic heterocycles. The number of para-hydroxylation sites is 1. The molecule has 7 heteroatoms. The van der Waals surface area contributed by atoms with Gasteiger partial charge in [0.05, 0.1) is 36.1 Å². The average molecular weight is 335 g/mol. The highest BCUT2D eigenvalue weighted by molar-refractivity contribution is 8.01. The maximum atomic E-state index is 11.9. The second-order valence-corrected chi connectivity index (χ2v) is 7.66. The molecule has 0 atom stereocenters. The molecule has 0 spiro atoms. The van der Waals surface area contributed by atoms with Gasteiger partial charge in [-0.25, -0.2) is 10.4 Å². The summed E-state index contributed by atoms with van der Waals surface area (Å²) in [5.41, 5.74) is 4.76. The van der Waals surface area contributed by atoms with Crippen molar-refractivity contribution in [2.24, 2.45) is 5.10 Å². The summed E-state index contributed by atoms with van der Waals surface area (Å²) in [6.45, 7) is 2.18. The maximum Gasteiger partial charge on any atom is 0.250 e. The highest BCUT2D eigenvalue weighted by Crippen LogP contribution is 2.28. The third-order valence-corrected chi connectivity index (χ3v) is 5.80. The molecule has 1 aromatic heterocycles. The normalized spacial score (nSPS) is 18.4. The Morgan fingerprint density at radius 1 is 1.41 bits per heavy atom. The van der Waals surface area contributed by atoms with Crippen LogP contribution in [0.1, 0.15) is 12.8 Å². The van der Waals surface area contributed by atoms with E-state index >= 15 is 0 Å². The zero-order valence-corrected chi connectivity index (χ0v) is 14.1. The molecule has 1 saturated heterocycles. The number of hydrogen-bond donors (Lipinski definition) is 2. The third-order valence-electron chi connectivity index (χ3n) is 3.62. The fraction of sp³-hybridized carbons (Fsp3) is 0.400. The molecule has 0 saturated carbocycles. The number of hydrazone groups is 1. The molecule has 0 unspecified atom stereocenters. The van der Waals surface area contributed by atoms with Crippen LogP contribution in [0.3, 0.4) is 0 Å². The largest absolute Gasteiger partial charge is 0.337 e. The third kappa shape index (κ3) is 4.06. The Kier molecular flexibility index (Phi) is 5.07. The second kappa shape index (κ2) is 7.21. The van der Waals surface area contributed by atoms with Crippen LogP contribution in [-0.2, 0) is 4.79 Å². The summed E-state index contributed by atoms with van der Waals surface area (Å²) in [5.74, 6) is 0.282. The van der Waals surface area contributed by atoms with Gasteiger partial charge in [-0.3, -0.25) is 4.79 Å². The van der Waals surface area contributed by atoms with Gasteiger partial charge in [-0.05, 0) is 12.1 Å². The predicted molar refractivity (Wildman–Crippen MR) is 91.8 cm³/mol. The molecular formula is C15H19N4OS2+. The first-order valence-corrected chi connectivity index (χ1v) is 9.15. The van der Waals surface area contributed by atoms with E-state index in [4.69, 9.17) is 0 Å². The van der Waals surface area contributed by atoms with Gasteiger partial charge in [0, 0.05) is 18.6 Å². The quantitative estimate of drug-likeness (QED) is 0.651. The number of benzene rings is 1. The molecule has 0 radical (unpaired) electrons. The van der Waals surface area contributed by atoms with E-state index in [9.17, 15) is 4.79 Å². The highest BCUT2D eigenvalue weighted by atomic mass is 32.2. The molecule has 1 aliphatic rings. The lowest BCUT2D eigenvalue weighted by atomic mass is 10.1. The van der Waals surface area contributed by atoms with E-state index in [-0.39, 0.29) is 5.91 Å². The van der Waals surface area contributed by atoms with Crippen molar-refractivity contribution in [1.29, 1.82) is 0 Å². The maximum absolute atomic E-state index is 11.9. The summed E-state index contributed by atoms with van der Waals surface area (Å²) in [5, 5.41) is 4.25. The van der Waals surface area contributed by atoms with Gasteiger partial charge < -0.3 is 4.90 Å². The van der Waals surface area contributed by atoms with Crippen molar-refractivity contribution in [2.75, 3.05) is 25.9 Å². The van der Waals surface area contributed by atoms with Crippen LogP contribution in [-0.4, -0.2) is 42.5 Å². The predicted octanol–water partition coefficient (Wildman–Crippen LogP) is 1.17. The van der Waals surface area contributed by atoms with Crippen LogP contribution in [0.15, 0.2) is 33.7 Å². The van der Waals surface area contributed by atoms with Gasteiger partial charge in [0.1, 0.15) is 0 Å². The number of amides is 1. The number of likely N-dealkylation sites (tertiary alicyclic amines) is 1. The first kappa shape index (κ1) is 15.5. The molecule has 22 heavy (non-hydrogen) atoms. The van der Waals surface area contributed by atoms with Crippen molar-refractivity contribution in [3.63, 3.8) is 0 Å². The van der Waals surface area contributed by atoms with Crippen LogP contribution in [0.5, 0.6) is 0 Å². The molecule has 1 amide bonds. The van der Waals surface area contributed by atoms with Crippen molar-refractivity contribution in [1.82, 2.24) is 10.4 Å². The van der Waals surface area contributed by atoms with Gasteiger partial charge in [0.15, 0.2) is 4.34 Å². The molecular weight excluding hydrogens is 316 g/mol. The van der Waals surface area contributed by atoms with Crippen molar-refractivity contribution in [3.05, 3.63) is 24.3 Å². The van der Waals surface area contributed by atoms with Crippen LogP contribution in [0.25, 0.3) is 10.2 Å². The Balaban J connectivity index is 1.49. The molecule has 5 nitrogen and oxygen atoms in total. The lowest BCUT2D eigenvalue weighted by Crippen LogP contribution is -3.10. The number of carbonyl (C=O) groups is 1. The summed E-state index contributed by atoms with van der Waals surface area (Å²) >= 11 is 3.08. The second-order valence-electron chi connectivity index (χ2n) is 5.41. The minimum atomic E-state index is -0.0666. The standard InChI is InChI=1S/C15H18N4OS2/c1-19-8-6-11(7-9-19)17-18-14(20)10-21-15-16-12-4-2-3-5-13(12)22-15/h2-5H,6-10H2,1H3,(H,18,20)/p+1. The molecule has 2 aromatic rings. The zero-order valence-electron chi connectivity index (χ0n) is 12.5. The van der Waals surface area contributed by atoms with E-state index in [1.165, 1.54) is 16.7 Å². The number of hydrogen-bond acceptors (Lipinski definition) is 5. The van der Waals surface area contributed by atoms with E-state index in [1.54, 1.807) is 11.3 Å². The number of quaternary nitrogens is 1. The Labute approximate surface area is 137 Å². The van der Waals surface area contributed by atoms with Crippen molar-refractivity contribution < 1.29 is 9.69 Å². The smallest absolute Gasteiger partial charge is 0.250 e. The molecule has 1 fully saturated rings. The minimum Gasteiger partial charge on any atom is -0.337 e. The fourth-order valence-electron chi connectivity index (χ4n) is 2.29. The minimum absolute atomic E-state index is 0.0666. The molecule has 1 aromatic carbocycles. The van der Waals surface area contributed by atoms with Gasteiger partial charge in [0.2, 0.25) is 0 Å². The molecule has 0 bridgehead atoms. The SMILES string of the molecule is C[NH+]1CCC(=NNC(=O)CSc2nc3ccccc3s2)CC1. The zero-order chi connectivity index (χ0) is 15.4. The number of carbonyl (C=O) groups excluding carboxylic acids is 1. The Morgan fingerprint density at radius 3 is 2.95 bits per heavy atom. The Morgan fingerprint density at radius 2 is 2.18 bits per heavy atom. The topological polar surface area (TPSA) is 58.8 Å². The van der Waals surface area contributed by atoms with Gasteiger partial charge >= 0.3 is 0 Å². The molecule has 2 heterocycles. The average Bonchev–Trinajstić information content (AvgIpc) is 2.95. The summed E-state index contributed by atoms with van der Waals surface area (Å²) in [6, 6.07) is 8.01.